The minimum absolute atomic E-state index is 0.278. The van der Waals surface area contributed by atoms with E-state index in [-0.39, 0.29) is 6.54 Å². The first-order valence-electron chi connectivity index (χ1n) is 3.50. The van der Waals surface area contributed by atoms with Crippen molar-refractivity contribution in [2.75, 3.05) is 0 Å². The van der Waals surface area contributed by atoms with Gasteiger partial charge in [0.15, 0.2) is 5.82 Å². The van der Waals surface area contributed by atoms with E-state index in [0.717, 1.165) is 5.82 Å². The summed E-state index contributed by atoms with van der Waals surface area (Å²) < 4.78 is 1.54. The third-order valence-electron chi connectivity index (χ3n) is 1.30. The molecule has 0 fully saturated rings. The molecule has 0 aliphatic carbocycles. The van der Waals surface area contributed by atoms with Crippen LogP contribution >= 0.6 is 0 Å². The van der Waals surface area contributed by atoms with Gasteiger partial charge in [0, 0.05) is 5.92 Å². The molecule has 0 radical (unpaired) electrons. The zero-order chi connectivity index (χ0) is 8.27. The van der Waals surface area contributed by atoms with Gasteiger partial charge in [-0.15, -0.1) is 0 Å². The zero-order valence-electron chi connectivity index (χ0n) is 6.65. The largest absolute Gasteiger partial charge is 0.238 e. The summed E-state index contributed by atoms with van der Waals surface area (Å²) in [4.78, 5) is 4.04. The number of hydrogen-bond donors (Lipinski definition) is 0. The zero-order valence-corrected chi connectivity index (χ0v) is 6.65. The van der Waals surface area contributed by atoms with Gasteiger partial charge in [0.2, 0.25) is 0 Å². The second-order valence-electron chi connectivity index (χ2n) is 2.61. The minimum Gasteiger partial charge on any atom is -0.238 e. The fourth-order valence-electron chi connectivity index (χ4n) is 0.722. The Kier molecular flexibility index (Phi) is 2.21. The quantitative estimate of drug-likeness (QED) is 0.630. The van der Waals surface area contributed by atoms with Gasteiger partial charge in [-0.1, -0.05) is 13.8 Å². The van der Waals surface area contributed by atoms with Crippen LogP contribution in [0.2, 0.25) is 0 Å². The molecule has 0 aliphatic heterocycles. The molecule has 0 aromatic carbocycles. The van der Waals surface area contributed by atoms with Crippen LogP contribution in [-0.4, -0.2) is 14.8 Å². The highest BCUT2D eigenvalue weighted by Gasteiger charge is 2.03. The Labute approximate surface area is 65.5 Å². The van der Waals surface area contributed by atoms with Gasteiger partial charge in [0.1, 0.15) is 12.9 Å². The predicted molar refractivity (Wildman–Crippen MR) is 39.7 cm³/mol. The van der Waals surface area contributed by atoms with Gasteiger partial charge in [0.25, 0.3) is 0 Å². The van der Waals surface area contributed by atoms with E-state index in [1.165, 1.54) is 4.68 Å². The maximum absolute atomic E-state index is 8.33. The maximum Gasteiger partial charge on any atom is 0.153 e. The molecular weight excluding hydrogens is 140 g/mol. The van der Waals surface area contributed by atoms with Crippen LogP contribution in [0.15, 0.2) is 6.33 Å². The third-order valence-corrected chi connectivity index (χ3v) is 1.30. The van der Waals surface area contributed by atoms with Gasteiger partial charge in [-0.2, -0.15) is 10.4 Å². The second-order valence-corrected chi connectivity index (χ2v) is 2.61. The molecule has 58 valence electrons. The van der Waals surface area contributed by atoms with Gasteiger partial charge < -0.3 is 0 Å². The van der Waals surface area contributed by atoms with E-state index in [1.54, 1.807) is 6.33 Å². The molecule has 11 heavy (non-hydrogen) atoms. The Bertz CT molecular complexity index is 268. The molecule has 1 aromatic heterocycles. The Hall–Kier alpha value is -1.37. The van der Waals surface area contributed by atoms with Gasteiger partial charge in [0.05, 0.1) is 6.07 Å². The molecule has 0 atom stereocenters. The smallest absolute Gasteiger partial charge is 0.153 e. The first kappa shape index (κ1) is 7.73. The average molecular weight is 150 g/mol. The highest BCUT2D eigenvalue weighted by atomic mass is 15.3. The van der Waals surface area contributed by atoms with Crippen LogP contribution < -0.4 is 0 Å². The van der Waals surface area contributed by atoms with E-state index in [1.807, 2.05) is 19.9 Å². The molecule has 1 heterocycles. The van der Waals surface area contributed by atoms with Crippen molar-refractivity contribution in [2.24, 2.45) is 0 Å². The summed E-state index contributed by atoms with van der Waals surface area (Å²) in [6.45, 7) is 4.32. The van der Waals surface area contributed by atoms with Crippen LogP contribution in [0.1, 0.15) is 25.6 Å². The molecular formula is C7H10N4. The number of aromatic nitrogens is 3. The highest BCUT2D eigenvalue weighted by Crippen LogP contribution is 2.06. The minimum atomic E-state index is 0.278. The van der Waals surface area contributed by atoms with E-state index in [0.29, 0.717) is 5.92 Å². The predicted octanol–water partition coefficient (Wildman–Crippen LogP) is 0.925. The SMILES string of the molecule is CC(C)c1ncn(CC#N)n1. The van der Waals surface area contributed by atoms with Gasteiger partial charge in [-0.05, 0) is 0 Å². The molecule has 0 bridgehead atoms. The number of nitriles is 1. The van der Waals surface area contributed by atoms with Crippen molar-refractivity contribution in [3.05, 3.63) is 12.2 Å². The van der Waals surface area contributed by atoms with Crippen LogP contribution in [-0.2, 0) is 6.54 Å². The van der Waals surface area contributed by atoms with Gasteiger partial charge >= 0.3 is 0 Å². The summed E-state index contributed by atoms with van der Waals surface area (Å²) in [6.07, 6.45) is 1.58. The lowest BCUT2D eigenvalue weighted by molar-refractivity contribution is 0.673. The number of nitrogens with zero attached hydrogens (tertiary/aromatic N) is 4. The van der Waals surface area contributed by atoms with Crippen molar-refractivity contribution in [3.8, 4) is 6.07 Å². The average Bonchev–Trinajstić information content (AvgIpc) is 2.37. The molecule has 0 saturated heterocycles. The van der Waals surface area contributed by atoms with Crippen molar-refractivity contribution in [1.29, 1.82) is 5.26 Å². The summed E-state index contributed by atoms with van der Waals surface area (Å²) >= 11 is 0. The molecule has 4 nitrogen and oxygen atoms in total. The van der Waals surface area contributed by atoms with Crippen LogP contribution in [0.25, 0.3) is 0 Å². The van der Waals surface area contributed by atoms with E-state index >= 15 is 0 Å². The summed E-state index contributed by atoms with van der Waals surface area (Å²) in [5, 5.41) is 12.4. The van der Waals surface area contributed by atoms with Crippen molar-refractivity contribution >= 4 is 0 Å². The normalized spacial score (nSPS) is 10.0. The highest BCUT2D eigenvalue weighted by molar-refractivity contribution is 4.89. The lowest BCUT2D eigenvalue weighted by atomic mass is 10.2. The number of rotatable bonds is 2. The van der Waals surface area contributed by atoms with E-state index < -0.39 is 0 Å². The van der Waals surface area contributed by atoms with Crippen molar-refractivity contribution in [1.82, 2.24) is 14.8 Å². The third kappa shape index (κ3) is 1.77. The summed E-state index contributed by atoms with van der Waals surface area (Å²) in [5.41, 5.74) is 0. The fourth-order valence-corrected chi connectivity index (χ4v) is 0.722. The lowest BCUT2D eigenvalue weighted by Gasteiger charge is -1.94. The number of hydrogen-bond acceptors (Lipinski definition) is 3. The molecule has 4 heteroatoms. The monoisotopic (exact) mass is 150 g/mol. The topological polar surface area (TPSA) is 54.5 Å². The Morgan fingerprint density at radius 1 is 1.73 bits per heavy atom. The molecule has 0 saturated carbocycles. The molecule has 0 unspecified atom stereocenters. The molecule has 0 spiro atoms. The van der Waals surface area contributed by atoms with Crippen LogP contribution in [0.3, 0.4) is 0 Å². The van der Waals surface area contributed by atoms with Crippen LogP contribution in [0.5, 0.6) is 0 Å². The van der Waals surface area contributed by atoms with Gasteiger partial charge in [-0.3, -0.25) is 0 Å². The van der Waals surface area contributed by atoms with Crippen LogP contribution in [0, 0.1) is 11.3 Å². The Morgan fingerprint density at radius 3 is 2.91 bits per heavy atom. The molecule has 1 rings (SSSR count). The molecule has 0 aliphatic rings. The van der Waals surface area contributed by atoms with E-state index in [9.17, 15) is 0 Å². The van der Waals surface area contributed by atoms with E-state index in [4.69, 9.17) is 5.26 Å². The van der Waals surface area contributed by atoms with Crippen molar-refractivity contribution in [2.45, 2.75) is 26.3 Å². The van der Waals surface area contributed by atoms with Crippen molar-refractivity contribution in [3.63, 3.8) is 0 Å². The molecule has 1 aromatic rings. The second kappa shape index (κ2) is 3.15. The Balaban J connectivity index is 2.75. The Morgan fingerprint density at radius 2 is 2.45 bits per heavy atom. The lowest BCUT2D eigenvalue weighted by Crippen LogP contribution is -1.97. The first-order chi connectivity index (χ1) is 5.24. The molecule has 0 N–H and O–H groups in total. The summed E-state index contributed by atoms with van der Waals surface area (Å²) in [6, 6.07) is 2.00. The van der Waals surface area contributed by atoms with Gasteiger partial charge in [-0.25, -0.2) is 9.67 Å². The summed E-state index contributed by atoms with van der Waals surface area (Å²) in [5.74, 6) is 1.12. The molecule has 0 amide bonds. The van der Waals surface area contributed by atoms with Crippen LogP contribution in [0.4, 0.5) is 0 Å². The van der Waals surface area contributed by atoms with Crippen molar-refractivity contribution < 1.29 is 0 Å². The first-order valence-corrected chi connectivity index (χ1v) is 3.50. The maximum atomic E-state index is 8.33. The fraction of sp³-hybridized carbons (Fsp3) is 0.571. The standard InChI is InChI=1S/C7H10N4/c1-6(2)7-9-5-11(10-7)4-3-8/h5-6H,4H2,1-2H3. The summed E-state index contributed by atoms with van der Waals surface area (Å²) in [7, 11) is 0. The van der Waals surface area contributed by atoms with E-state index in [2.05, 4.69) is 10.1 Å².